The third-order valence-corrected chi connectivity index (χ3v) is 2.33. The van der Waals surface area contributed by atoms with Crippen LogP contribution in [0.2, 0.25) is 0 Å². The van der Waals surface area contributed by atoms with Crippen molar-refractivity contribution in [2.75, 3.05) is 18.5 Å². The molecule has 0 aromatic heterocycles. The van der Waals surface area contributed by atoms with Crippen molar-refractivity contribution < 1.29 is 9.50 Å². The lowest BCUT2D eigenvalue weighted by Gasteiger charge is -2.21. The molecular weight excluding hydrogens is 181 g/mol. The summed E-state index contributed by atoms with van der Waals surface area (Å²) in [4.78, 5) is 1.97. The number of rotatable bonds is 3. The molecule has 0 saturated heterocycles. The van der Waals surface area contributed by atoms with Gasteiger partial charge in [0.2, 0.25) is 0 Å². The van der Waals surface area contributed by atoms with Gasteiger partial charge in [-0.3, -0.25) is 0 Å². The van der Waals surface area contributed by atoms with Crippen molar-refractivity contribution in [3.8, 4) is 0 Å². The molecule has 3 heteroatoms. The second kappa shape index (κ2) is 4.42. The van der Waals surface area contributed by atoms with E-state index in [0.29, 0.717) is 5.56 Å². The van der Waals surface area contributed by atoms with Gasteiger partial charge in [0.25, 0.3) is 0 Å². The summed E-state index contributed by atoms with van der Waals surface area (Å²) in [5.41, 5.74) is 1.51. The Bertz CT molecular complexity index is 312. The molecule has 1 unspecified atom stereocenters. The summed E-state index contributed by atoms with van der Waals surface area (Å²) in [7, 11) is 1.92. The number of benzene rings is 1. The number of hydrogen-bond donors (Lipinski definition) is 1. The molecule has 0 saturated carbocycles. The fourth-order valence-corrected chi connectivity index (χ4v) is 1.38. The molecule has 0 aliphatic rings. The number of nitrogens with zero attached hydrogens (tertiary/aromatic N) is 1. The standard InChI is InChI=1S/C11H16FNO/c1-4-13(3)11-6-5-9(12)7-10(11)8(2)14/h5-8,14H,4H2,1-3H3. The van der Waals surface area contributed by atoms with E-state index in [2.05, 4.69) is 0 Å². The summed E-state index contributed by atoms with van der Waals surface area (Å²) in [5.74, 6) is -0.311. The molecule has 0 aliphatic heterocycles. The van der Waals surface area contributed by atoms with Crippen LogP contribution in [0, 0.1) is 5.82 Å². The third kappa shape index (κ3) is 2.23. The number of halogens is 1. The van der Waals surface area contributed by atoms with Gasteiger partial charge in [0.1, 0.15) is 5.82 Å². The van der Waals surface area contributed by atoms with Crippen LogP contribution in [0.15, 0.2) is 18.2 Å². The Morgan fingerprint density at radius 3 is 2.64 bits per heavy atom. The second-order valence-corrected chi connectivity index (χ2v) is 3.39. The average molecular weight is 197 g/mol. The molecule has 1 atom stereocenters. The molecule has 1 rings (SSSR count). The van der Waals surface area contributed by atoms with Crippen LogP contribution < -0.4 is 4.90 Å². The first-order valence-corrected chi connectivity index (χ1v) is 4.75. The van der Waals surface area contributed by atoms with Crippen LogP contribution >= 0.6 is 0 Å². The highest BCUT2D eigenvalue weighted by molar-refractivity contribution is 5.54. The summed E-state index contributed by atoms with van der Waals surface area (Å²) in [5, 5.41) is 9.48. The summed E-state index contributed by atoms with van der Waals surface area (Å²) in [6.45, 7) is 4.47. The van der Waals surface area contributed by atoms with Gasteiger partial charge in [-0.25, -0.2) is 4.39 Å². The second-order valence-electron chi connectivity index (χ2n) is 3.39. The minimum Gasteiger partial charge on any atom is -0.389 e. The van der Waals surface area contributed by atoms with Crippen LogP contribution in [0.25, 0.3) is 0 Å². The predicted octanol–water partition coefficient (Wildman–Crippen LogP) is 2.34. The number of anilines is 1. The molecule has 0 fully saturated rings. The first kappa shape index (κ1) is 11.0. The topological polar surface area (TPSA) is 23.5 Å². The molecule has 78 valence electrons. The van der Waals surface area contributed by atoms with Crippen molar-refractivity contribution >= 4 is 5.69 Å². The van der Waals surface area contributed by atoms with Crippen LogP contribution in [0.1, 0.15) is 25.5 Å². The lowest BCUT2D eigenvalue weighted by atomic mass is 10.1. The van der Waals surface area contributed by atoms with Crippen LogP contribution in [0.5, 0.6) is 0 Å². The number of aliphatic hydroxyl groups excluding tert-OH is 1. The molecule has 14 heavy (non-hydrogen) atoms. The molecule has 0 radical (unpaired) electrons. The molecule has 1 aromatic carbocycles. The van der Waals surface area contributed by atoms with Gasteiger partial charge in [-0.15, -0.1) is 0 Å². The number of hydrogen-bond acceptors (Lipinski definition) is 2. The zero-order valence-electron chi connectivity index (χ0n) is 8.79. The Morgan fingerprint density at radius 2 is 2.14 bits per heavy atom. The molecule has 2 nitrogen and oxygen atoms in total. The summed E-state index contributed by atoms with van der Waals surface area (Å²) >= 11 is 0. The lowest BCUT2D eigenvalue weighted by molar-refractivity contribution is 0.199. The van der Waals surface area contributed by atoms with Crippen LogP contribution in [0.3, 0.4) is 0 Å². The van der Waals surface area contributed by atoms with Crippen molar-refractivity contribution in [3.05, 3.63) is 29.6 Å². The minimum atomic E-state index is -0.644. The van der Waals surface area contributed by atoms with E-state index in [1.165, 1.54) is 12.1 Å². The van der Waals surface area contributed by atoms with Crippen molar-refractivity contribution in [1.29, 1.82) is 0 Å². The van der Waals surface area contributed by atoms with Gasteiger partial charge in [-0.1, -0.05) is 0 Å². The quantitative estimate of drug-likeness (QED) is 0.804. The first-order chi connectivity index (χ1) is 6.56. The fraction of sp³-hybridized carbons (Fsp3) is 0.455. The zero-order valence-corrected chi connectivity index (χ0v) is 8.79. The molecule has 0 heterocycles. The first-order valence-electron chi connectivity index (χ1n) is 4.75. The van der Waals surface area contributed by atoms with Gasteiger partial charge in [-0.05, 0) is 32.0 Å². The lowest BCUT2D eigenvalue weighted by Crippen LogP contribution is -2.18. The Kier molecular flexibility index (Phi) is 3.47. The van der Waals surface area contributed by atoms with Gasteiger partial charge in [-0.2, -0.15) is 0 Å². The predicted molar refractivity (Wildman–Crippen MR) is 56.0 cm³/mol. The summed E-state index contributed by atoms with van der Waals surface area (Å²) in [6.07, 6.45) is -0.644. The Hall–Kier alpha value is -1.09. The maximum atomic E-state index is 12.9. The number of aliphatic hydroxyl groups is 1. The molecular formula is C11H16FNO. The Labute approximate surface area is 84.0 Å². The van der Waals surface area contributed by atoms with Crippen LogP contribution in [0.4, 0.5) is 10.1 Å². The van der Waals surface area contributed by atoms with E-state index in [0.717, 1.165) is 12.2 Å². The van der Waals surface area contributed by atoms with Crippen molar-refractivity contribution in [1.82, 2.24) is 0 Å². The van der Waals surface area contributed by atoms with E-state index >= 15 is 0 Å². The average Bonchev–Trinajstić information content (AvgIpc) is 2.16. The molecule has 0 aliphatic carbocycles. The van der Waals surface area contributed by atoms with Gasteiger partial charge in [0, 0.05) is 24.8 Å². The third-order valence-electron chi connectivity index (χ3n) is 2.33. The van der Waals surface area contributed by atoms with E-state index in [1.807, 2.05) is 18.9 Å². The highest BCUT2D eigenvalue weighted by atomic mass is 19.1. The monoisotopic (exact) mass is 197 g/mol. The summed E-state index contributed by atoms with van der Waals surface area (Å²) < 4.78 is 12.9. The van der Waals surface area contributed by atoms with E-state index in [4.69, 9.17) is 0 Å². The highest BCUT2D eigenvalue weighted by Gasteiger charge is 2.11. The van der Waals surface area contributed by atoms with Crippen LogP contribution in [-0.2, 0) is 0 Å². The normalized spacial score (nSPS) is 12.6. The maximum Gasteiger partial charge on any atom is 0.123 e. The van der Waals surface area contributed by atoms with Gasteiger partial charge < -0.3 is 10.0 Å². The van der Waals surface area contributed by atoms with Crippen molar-refractivity contribution in [2.45, 2.75) is 20.0 Å². The van der Waals surface area contributed by atoms with Crippen molar-refractivity contribution in [3.63, 3.8) is 0 Å². The Balaban J connectivity index is 3.14. The van der Waals surface area contributed by atoms with E-state index in [1.54, 1.807) is 13.0 Å². The van der Waals surface area contributed by atoms with Crippen LogP contribution in [-0.4, -0.2) is 18.7 Å². The van der Waals surface area contributed by atoms with E-state index in [9.17, 15) is 9.50 Å². The SMILES string of the molecule is CCN(C)c1ccc(F)cc1C(C)O. The molecule has 0 bridgehead atoms. The van der Waals surface area contributed by atoms with Gasteiger partial charge in [0.05, 0.1) is 6.10 Å². The molecule has 1 N–H and O–H groups in total. The zero-order chi connectivity index (χ0) is 10.7. The van der Waals surface area contributed by atoms with Gasteiger partial charge in [0.15, 0.2) is 0 Å². The highest BCUT2D eigenvalue weighted by Crippen LogP contribution is 2.26. The largest absolute Gasteiger partial charge is 0.389 e. The van der Waals surface area contributed by atoms with Crippen molar-refractivity contribution in [2.24, 2.45) is 0 Å². The smallest absolute Gasteiger partial charge is 0.123 e. The molecule has 0 spiro atoms. The van der Waals surface area contributed by atoms with E-state index in [-0.39, 0.29) is 5.82 Å². The Morgan fingerprint density at radius 1 is 1.50 bits per heavy atom. The molecule has 0 amide bonds. The van der Waals surface area contributed by atoms with Gasteiger partial charge >= 0.3 is 0 Å². The fourth-order valence-electron chi connectivity index (χ4n) is 1.38. The molecule has 1 aromatic rings. The minimum absolute atomic E-state index is 0.311. The maximum absolute atomic E-state index is 12.9. The van der Waals surface area contributed by atoms with E-state index < -0.39 is 6.10 Å². The summed E-state index contributed by atoms with van der Waals surface area (Å²) in [6, 6.07) is 4.49.